The number of carboxylic acids is 1. The number of hydrogen-bond acceptors (Lipinski definition) is 3. The van der Waals surface area contributed by atoms with Gasteiger partial charge in [-0.05, 0) is 31.9 Å². The summed E-state index contributed by atoms with van der Waals surface area (Å²) in [6.07, 6.45) is 0. The molecule has 0 bridgehead atoms. The Morgan fingerprint density at radius 2 is 1.67 bits per heavy atom. The normalized spacial score (nSPS) is 10.1. The number of aryl methyl sites for hydroxylation is 2. The zero-order valence-electron chi connectivity index (χ0n) is 12.7. The molecule has 0 spiro atoms. The lowest BCUT2D eigenvalue weighted by molar-refractivity contribution is -0.121. The third kappa shape index (κ3) is 3.81. The van der Waals surface area contributed by atoms with Gasteiger partial charge in [-0.3, -0.25) is 9.59 Å². The molecule has 0 fully saturated rings. The zero-order valence-corrected chi connectivity index (χ0v) is 12.7. The zero-order chi connectivity index (χ0) is 16.2. The molecule has 0 unspecified atom stereocenters. The summed E-state index contributed by atoms with van der Waals surface area (Å²) in [4.78, 5) is 36.6. The molecule has 6 heteroatoms. The maximum absolute atomic E-state index is 12.5. The topological polar surface area (TPSA) is 86.7 Å². The average Bonchev–Trinajstić information content (AvgIpc) is 2.39. The maximum atomic E-state index is 12.5. The van der Waals surface area contributed by atoms with Crippen molar-refractivity contribution in [1.29, 1.82) is 0 Å². The van der Waals surface area contributed by atoms with Gasteiger partial charge in [0.1, 0.15) is 0 Å². The number of nitrogens with one attached hydrogen (secondary N) is 1. The molecule has 0 saturated carbocycles. The number of likely N-dealkylation sites (N-methyl/N-ethyl adjacent to an activating group) is 2. The SMILES string of the molecule is CCNC(=O)CN(C)C(=O)c1c(C)ccc(C)c1C(=O)O. The molecular formula is C15H20N2O4. The fraction of sp³-hybridized carbons (Fsp3) is 0.400. The van der Waals surface area contributed by atoms with Crippen molar-refractivity contribution in [2.24, 2.45) is 0 Å². The van der Waals surface area contributed by atoms with Crippen LogP contribution in [-0.2, 0) is 4.79 Å². The molecule has 0 aliphatic carbocycles. The standard InChI is InChI=1S/C15H20N2O4/c1-5-16-11(18)8-17(4)14(19)12-9(2)6-7-10(3)13(12)15(20)21/h6-7H,5,8H2,1-4H3,(H,16,18)(H,20,21). The van der Waals surface area contributed by atoms with Crippen LogP contribution in [0.15, 0.2) is 12.1 Å². The number of amides is 2. The monoisotopic (exact) mass is 292 g/mol. The molecule has 114 valence electrons. The fourth-order valence-corrected chi connectivity index (χ4v) is 2.09. The van der Waals surface area contributed by atoms with Crippen molar-refractivity contribution < 1.29 is 19.5 Å². The van der Waals surface area contributed by atoms with Crippen LogP contribution in [0, 0.1) is 13.8 Å². The van der Waals surface area contributed by atoms with Crippen molar-refractivity contribution in [2.45, 2.75) is 20.8 Å². The number of carboxylic acid groups (broad SMARTS) is 1. The van der Waals surface area contributed by atoms with Gasteiger partial charge in [0.05, 0.1) is 17.7 Å². The van der Waals surface area contributed by atoms with Crippen LogP contribution in [0.1, 0.15) is 38.8 Å². The van der Waals surface area contributed by atoms with E-state index >= 15 is 0 Å². The molecule has 0 aliphatic heterocycles. The molecule has 0 radical (unpaired) electrons. The second-order valence-corrected chi connectivity index (χ2v) is 4.87. The Balaban J connectivity index is 3.15. The summed E-state index contributed by atoms with van der Waals surface area (Å²) in [5.74, 6) is -1.90. The van der Waals surface area contributed by atoms with Gasteiger partial charge in [0.15, 0.2) is 0 Å². The Hall–Kier alpha value is -2.37. The van der Waals surface area contributed by atoms with E-state index in [9.17, 15) is 19.5 Å². The maximum Gasteiger partial charge on any atom is 0.336 e. The Morgan fingerprint density at radius 3 is 2.14 bits per heavy atom. The van der Waals surface area contributed by atoms with Crippen LogP contribution in [0.25, 0.3) is 0 Å². The lowest BCUT2D eigenvalue weighted by atomic mass is 9.96. The molecule has 21 heavy (non-hydrogen) atoms. The number of hydrogen-bond donors (Lipinski definition) is 2. The van der Waals surface area contributed by atoms with Crippen LogP contribution < -0.4 is 5.32 Å². The first-order chi connectivity index (χ1) is 9.79. The van der Waals surface area contributed by atoms with E-state index in [4.69, 9.17) is 0 Å². The van der Waals surface area contributed by atoms with E-state index in [2.05, 4.69) is 5.32 Å². The largest absolute Gasteiger partial charge is 0.478 e. The fourth-order valence-electron chi connectivity index (χ4n) is 2.09. The van der Waals surface area contributed by atoms with Crippen molar-refractivity contribution in [3.05, 3.63) is 34.4 Å². The van der Waals surface area contributed by atoms with Crippen LogP contribution in [0.4, 0.5) is 0 Å². The third-order valence-electron chi connectivity index (χ3n) is 3.15. The van der Waals surface area contributed by atoms with Gasteiger partial charge in [0, 0.05) is 13.6 Å². The summed E-state index contributed by atoms with van der Waals surface area (Å²) < 4.78 is 0. The molecule has 0 saturated heterocycles. The minimum absolute atomic E-state index is 0.0113. The van der Waals surface area contributed by atoms with Gasteiger partial charge in [-0.15, -0.1) is 0 Å². The number of rotatable bonds is 5. The van der Waals surface area contributed by atoms with Gasteiger partial charge in [-0.25, -0.2) is 4.79 Å². The van der Waals surface area contributed by atoms with Gasteiger partial charge in [-0.1, -0.05) is 12.1 Å². The van der Waals surface area contributed by atoms with E-state index in [1.807, 2.05) is 0 Å². The van der Waals surface area contributed by atoms with Crippen molar-refractivity contribution in [2.75, 3.05) is 20.1 Å². The van der Waals surface area contributed by atoms with E-state index in [-0.39, 0.29) is 23.6 Å². The molecule has 0 atom stereocenters. The van der Waals surface area contributed by atoms with Crippen molar-refractivity contribution in [3.8, 4) is 0 Å². The van der Waals surface area contributed by atoms with Gasteiger partial charge >= 0.3 is 5.97 Å². The molecule has 2 amide bonds. The van der Waals surface area contributed by atoms with Crippen molar-refractivity contribution >= 4 is 17.8 Å². The van der Waals surface area contributed by atoms with Crippen LogP contribution in [0.3, 0.4) is 0 Å². The van der Waals surface area contributed by atoms with Crippen LogP contribution in [-0.4, -0.2) is 47.9 Å². The summed E-state index contributed by atoms with van der Waals surface area (Å²) in [5, 5.41) is 11.9. The highest BCUT2D eigenvalue weighted by Gasteiger charge is 2.24. The van der Waals surface area contributed by atoms with Crippen LogP contribution >= 0.6 is 0 Å². The molecular weight excluding hydrogens is 272 g/mol. The molecule has 1 rings (SSSR count). The summed E-state index contributed by atoms with van der Waals surface area (Å²) in [5.41, 5.74) is 1.21. The predicted molar refractivity (Wildman–Crippen MR) is 78.5 cm³/mol. The smallest absolute Gasteiger partial charge is 0.336 e. The molecule has 0 aliphatic rings. The molecule has 6 nitrogen and oxygen atoms in total. The van der Waals surface area contributed by atoms with E-state index in [1.54, 1.807) is 32.9 Å². The minimum atomic E-state index is -1.15. The van der Waals surface area contributed by atoms with Gasteiger partial charge in [-0.2, -0.15) is 0 Å². The summed E-state index contributed by atoms with van der Waals surface area (Å²) in [6.45, 7) is 5.47. The second-order valence-electron chi connectivity index (χ2n) is 4.87. The van der Waals surface area contributed by atoms with Gasteiger partial charge in [0.25, 0.3) is 5.91 Å². The number of benzene rings is 1. The minimum Gasteiger partial charge on any atom is -0.478 e. The predicted octanol–water partition coefficient (Wildman–Crippen LogP) is 1.21. The number of carbonyl (C=O) groups is 3. The highest BCUT2D eigenvalue weighted by atomic mass is 16.4. The molecule has 0 aromatic heterocycles. The highest BCUT2D eigenvalue weighted by molar-refractivity contribution is 6.07. The van der Waals surface area contributed by atoms with Crippen LogP contribution in [0.2, 0.25) is 0 Å². The van der Waals surface area contributed by atoms with Crippen molar-refractivity contribution in [3.63, 3.8) is 0 Å². The first-order valence-electron chi connectivity index (χ1n) is 6.65. The lowest BCUT2D eigenvalue weighted by Gasteiger charge is -2.20. The van der Waals surface area contributed by atoms with Crippen LogP contribution in [0.5, 0.6) is 0 Å². The first kappa shape index (κ1) is 16.7. The molecule has 0 heterocycles. The molecule has 1 aromatic carbocycles. The Morgan fingerprint density at radius 1 is 1.14 bits per heavy atom. The summed E-state index contributed by atoms with van der Waals surface area (Å²) in [6, 6.07) is 3.37. The first-order valence-corrected chi connectivity index (χ1v) is 6.65. The second kappa shape index (κ2) is 6.88. The van der Waals surface area contributed by atoms with Gasteiger partial charge < -0.3 is 15.3 Å². The summed E-state index contributed by atoms with van der Waals surface area (Å²) in [7, 11) is 1.48. The van der Waals surface area contributed by atoms with Gasteiger partial charge in [0.2, 0.25) is 5.91 Å². The number of nitrogens with zero attached hydrogens (tertiary/aromatic N) is 1. The number of aromatic carboxylic acids is 1. The Kier molecular flexibility index (Phi) is 5.46. The Labute approximate surface area is 123 Å². The van der Waals surface area contributed by atoms with E-state index in [0.717, 1.165) is 0 Å². The summed E-state index contributed by atoms with van der Waals surface area (Å²) >= 11 is 0. The van der Waals surface area contributed by atoms with E-state index in [1.165, 1.54) is 11.9 Å². The van der Waals surface area contributed by atoms with E-state index < -0.39 is 11.9 Å². The highest BCUT2D eigenvalue weighted by Crippen LogP contribution is 2.20. The molecule has 2 N–H and O–H groups in total. The molecule has 1 aromatic rings. The number of carbonyl (C=O) groups excluding carboxylic acids is 2. The third-order valence-corrected chi connectivity index (χ3v) is 3.15. The van der Waals surface area contributed by atoms with E-state index in [0.29, 0.717) is 17.7 Å². The average molecular weight is 292 g/mol. The lowest BCUT2D eigenvalue weighted by Crippen LogP contribution is -2.39. The Bertz CT molecular complexity index is 581. The van der Waals surface area contributed by atoms with Crippen molar-refractivity contribution in [1.82, 2.24) is 10.2 Å². The quantitative estimate of drug-likeness (QED) is 0.854.